The highest BCUT2D eigenvalue weighted by molar-refractivity contribution is 5.65. The molecule has 10 atom stereocenters. The maximum absolute atomic E-state index is 11.6. The Balaban J connectivity index is 1.44. The van der Waals surface area contributed by atoms with Gasteiger partial charge in [-0.25, -0.2) is 0 Å². The van der Waals surface area contributed by atoms with Crippen LogP contribution in [-0.2, 0) is 9.53 Å². The minimum atomic E-state index is -1.22. The first-order valence-corrected chi connectivity index (χ1v) is 13.9. The van der Waals surface area contributed by atoms with Gasteiger partial charge in [-0.15, -0.1) is 0 Å². The summed E-state index contributed by atoms with van der Waals surface area (Å²) in [5.74, 6) is 2.34. The summed E-state index contributed by atoms with van der Waals surface area (Å²) in [5, 5.41) is 33.0. The normalized spacial score (nSPS) is 45.4. The summed E-state index contributed by atoms with van der Waals surface area (Å²) in [7, 11) is 0. The van der Waals surface area contributed by atoms with Crippen LogP contribution >= 0.6 is 0 Å². The molecular formula is C29H48O5. The maximum atomic E-state index is 11.6. The molecule has 5 heteroatoms. The molecular weight excluding hydrogens is 428 g/mol. The van der Waals surface area contributed by atoms with E-state index in [0.29, 0.717) is 42.6 Å². The van der Waals surface area contributed by atoms with Crippen molar-refractivity contribution in [1.29, 1.82) is 0 Å². The molecule has 4 aliphatic carbocycles. The van der Waals surface area contributed by atoms with E-state index in [4.69, 9.17) is 4.74 Å². The Labute approximate surface area is 206 Å². The Morgan fingerprint density at radius 2 is 1.82 bits per heavy atom. The number of rotatable bonds is 7. The van der Waals surface area contributed by atoms with Gasteiger partial charge in [0.2, 0.25) is 0 Å². The van der Waals surface area contributed by atoms with E-state index < -0.39 is 17.8 Å². The molecule has 5 nitrogen and oxygen atoms in total. The summed E-state index contributed by atoms with van der Waals surface area (Å²) in [6.45, 7) is 11.2. The molecule has 3 N–H and O–H groups in total. The summed E-state index contributed by atoms with van der Waals surface area (Å²) < 4.78 is 5.17. The zero-order chi connectivity index (χ0) is 24.9. The van der Waals surface area contributed by atoms with Crippen LogP contribution in [0.3, 0.4) is 0 Å². The molecule has 34 heavy (non-hydrogen) atoms. The quantitative estimate of drug-likeness (QED) is 0.355. The number of allylic oxidation sites excluding steroid dienone is 1. The van der Waals surface area contributed by atoms with Crippen LogP contribution in [-0.4, -0.2) is 45.7 Å². The molecule has 3 saturated carbocycles. The number of carbonyl (C=O) groups excluding carboxylic acids is 1. The molecule has 3 fully saturated rings. The first-order valence-electron chi connectivity index (χ1n) is 13.9. The lowest BCUT2D eigenvalue weighted by molar-refractivity contribution is -0.210. The van der Waals surface area contributed by atoms with Crippen molar-refractivity contribution in [3.8, 4) is 0 Å². The van der Waals surface area contributed by atoms with Crippen molar-refractivity contribution in [2.75, 3.05) is 6.61 Å². The van der Waals surface area contributed by atoms with E-state index in [1.165, 1.54) is 38.2 Å². The van der Waals surface area contributed by atoms with Crippen molar-refractivity contribution in [2.24, 2.45) is 40.4 Å². The van der Waals surface area contributed by atoms with Crippen LogP contribution < -0.4 is 0 Å². The van der Waals surface area contributed by atoms with Gasteiger partial charge in [0.25, 0.3) is 0 Å². The SMILES string of the molecule is CC(=O)OCC(C)CCCC(C)C1CCC2C3=CC(O)C4(O)CC(O)CCC4(C)C3CCC21C. The summed E-state index contributed by atoms with van der Waals surface area (Å²) in [6, 6.07) is 0. The van der Waals surface area contributed by atoms with Crippen LogP contribution in [0.15, 0.2) is 11.6 Å². The Morgan fingerprint density at radius 3 is 2.53 bits per heavy atom. The van der Waals surface area contributed by atoms with Gasteiger partial charge in [-0.1, -0.05) is 52.2 Å². The third kappa shape index (κ3) is 4.28. The second-order valence-corrected chi connectivity index (χ2v) is 13.0. The Kier molecular flexibility index (Phi) is 7.32. The molecule has 0 radical (unpaired) electrons. The number of ether oxygens (including phenoxy) is 1. The molecule has 0 amide bonds. The molecule has 10 unspecified atom stereocenters. The highest BCUT2D eigenvalue weighted by Crippen LogP contribution is 2.67. The first kappa shape index (κ1) is 26.2. The van der Waals surface area contributed by atoms with E-state index in [1.54, 1.807) is 0 Å². The van der Waals surface area contributed by atoms with Gasteiger partial charge in [-0.3, -0.25) is 4.79 Å². The van der Waals surface area contributed by atoms with Crippen molar-refractivity contribution in [3.05, 3.63) is 11.6 Å². The van der Waals surface area contributed by atoms with Gasteiger partial charge < -0.3 is 20.1 Å². The van der Waals surface area contributed by atoms with Crippen molar-refractivity contribution in [2.45, 2.75) is 117 Å². The molecule has 0 heterocycles. The third-order valence-electron chi connectivity index (χ3n) is 10.9. The minimum absolute atomic E-state index is 0.195. The molecule has 0 aliphatic heterocycles. The second-order valence-electron chi connectivity index (χ2n) is 13.0. The van der Waals surface area contributed by atoms with Crippen LogP contribution in [0, 0.1) is 40.4 Å². The fourth-order valence-corrected chi connectivity index (χ4v) is 8.85. The number of hydrogen-bond donors (Lipinski definition) is 3. The fraction of sp³-hybridized carbons (Fsp3) is 0.897. The lowest BCUT2D eigenvalue weighted by Gasteiger charge is -2.62. The standard InChI is InChI=1S/C29H48O5/c1-18(17-34-20(3)30)7-6-8-19(2)23-9-10-24-22-15-26(32)29(33)16-21(31)11-14-28(29,5)25(22)12-13-27(23,24)4/h15,18-19,21,23-26,31-33H,6-14,16-17H2,1-5H3. The minimum Gasteiger partial charge on any atom is -0.466 e. The van der Waals surface area contributed by atoms with E-state index in [-0.39, 0.29) is 23.2 Å². The molecule has 0 spiro atoms. The Bertz CT molecular complexity index is 793. The van der Waals surface area contributed by atoms with E-state index in [9.17, 15) is 20.1 Å². The smallest absolute Gasteiger partial charge is 0.302 e. The van der Waals surface area contributed by atoms with Gasteiger partial charge in [-0.2, -0.15) is 0 Å². The van der Waals surface area contributed by atoms with Gasteiger partial charge in [-0.05, 0) is 80.0 Å². The molecule has 0 aromatic rings. The largest absolute Gasteiger partial charge is 0.466 e. The van der Waals surface area contributed by atoms with Gasteiger partial charge >= 0.3 is 5.97 Å². The number of carbonyl (C=O) groups is 1. The van der Waals surface area contributed by atoms with Crippen LogP contribution in [0.25, 0.3) is 0 Å². The average molecular weight is 477 g/mol. The third-order valence-corrected chi connectivity index (χ3v) is 10.9. The molecule has 0 saturated heterocycles. The topological polar surface area (TPSA) is 87.0 Å². The first-order chi connectivity index (χ1) is 15.9. The van der Waals surface area contributed by atoms with Crippen molar-refractivity contribution < 1.29 is 24.9 Å². The van der Waals surface area contributed by atoms with Gasteiger partial charge in [0.15, 0.2) is 0 Å². The highest BCUT2D eigenvalue weighted by Gasteiger charge is 2.64. The molecule has 0 aromatic heterocycles. The zero-order valence-electron chi connectivity index (χ0n) is 22.1. The van der Waals surface area contributed by atoms with Crippen LogP contribution in [0.2, 0.25) is 0 Å². The summed E-state index contributed by atoms with van der Waals surface area (Å²) in [5.41, 5.74) is 0.0826. The molecule has 194 valence electrons. The number of esters is 1. The highest BCUT2D eigenvalue weighted by atomic mass is 16.5. The zero-order valence-corrected chi connectivity index (χ0v) is 22.1. The lowest BCUT2D eigenvalue weighted by atomic mass is 9.45. The molecule has 4 rings (SSSR count). The molecule has 4 aliphatic rings. The van der Waals surface area contributed by atoms with Crippen molar-refractivity contribution in [1.82, 2.24) is 0 Å². The molecule has 0 bridgehead atoms. The summed E-state index contributed by atoms with van der Waals surface area (Å²) >= 11 is 0. The van der Waals surface area contributed by atoms with Gasteiger partial charge in [0.05, 0.1) is 12.7 Å². The monoisotopic (exact) mass is 476 g/mol. The maximum Gasteiger partial charge on any atom is 0.302 e. The van der Waals surface area contributed by atoms with Crippen LogP contribution in [0.4, 0.5) is 0 Å². The lowest BCUT2D eigenvalue weighted by Crippen LogP contribution is -2.65. The van der Waals surface area contributed by atoms with E-state index in [0.717, 1.165) is 25.7 Å². The average Bonchev–Trinajstić information content (AvgIpc) is 3.12. The second kappa shape index (κ2) is 9.52. The number of aliphatic hydroxyl groups is 3. The predicted molar refractivity (Wildman–Crippen MR) is 133 cm³/mol. The number of hydrogen-bond acceptors (Lipinski definition) is 5. The Morgan fingerprint density at radius 1 is 1.09 bits per heavy atom. The van der Waals surface area contributed by atoms with Crippen molar-refractivity contribution >= 4 is 5.97 Å². The molecule has 0 aromatic carbocycles. The van der Waals surface area contributed by atoms with Crippen LogP contribution in [0.5, 0.6) is 0 Å². The number of fused-ring (bicyclic) bond motifs is 5. The van der Waals surface area contributed by atoms with E-state index >= 15 is 0 Å². The van der Waals surface area contributed by atoms with Crippen LogP contribution in [0.1, 0.15) is 98.8 Å². The summed E-state index contributed by atoms with van der Waals surface area (Å²) in [4.78, 5) is 11.1. The number of aliphatic hydroxyl groups excluding tert-OH is 2. The van der Waals surface area contributed by atoms with E-state index in [1.807, 2.05) is 6.08 Å². The fourth-order valence-electron chi connectivity index (χ4n) is 8.85. The predicted octanol–water partition coefficient (Wildman–Crippen LogP) is 5.02. The van der Waals surface area contributed by atoms with Gasteiger partial charge in [0, 0.05) is 18.8 Å². The van der Waals surface area contributed by atoms with Crippen molar-refractivity contribution in [3.63, 3.8) is 0 Å². The van der Waals surface area contributed by atoms with Gasteiger partial charge in [0.1, 0.15) is 11.7 Å². The summed E-state index contributed by atoms with van der Waals surface area (Å²) in [6.07, 6.45) is 10.5. The Hall–Kier alpha value is -0.910. The van der Waals surface area contributed by atoms with E-state index in [2.05, 4.69) is 27.7 Å².